The Morgan fingerprint density at radius 1 is 1.35 bits per heavy atom. The van der Waals surface area contributed by atoms with Crippen LogP contribution in [0.2, 0.25) is 0 Å². The van der Waals surface area contributed by atoms with Gasteiger partial charge in [-0.2, -0.15) is 5.26 Å². The van der Waals surface area contributed by atoms with Crippen molar-refractivity contribution in [1.82, 2.24) is 9.97 Å². The Hall–Kier alpha value is -2.92. The van der Waals surface area contributed by atoms with E-state index in [1.165, 1.54) is 13.1 Å². The molecule has 2 aromatic rings. The van der Waals surface area contributed by atoms with Gasteiger partial charge in [-0.25, -0.2) is 9.97 Å². The first-order chi connectivity index (χ1) is 11.0. The highest BCUT2D eigenvalue weighted by atomic mass is 32.2. The number of anilines is 2. The smallest absolute Gasteiger partial charge is 0.234 e. The van der Waals surface area contributed by atoms with Crippen LogP contribution in [0, 0.1) is 11.3 Å². The lowest BCUT2D eigenvalue weighted by molar-refractivity contribution is -0.113. The van der Waals surface area contributed by atoms with Crippen LogP contribution in [-0.2, 0) is 4.79 Å². The molecular formula is C15H13N5O2S. The van der Waals surface area contributed by atoms with Crippen molar-refractivity contribution in [2.24, 2.45) is 0 Å². The van der Waals surface area contributed by atoms with Gasteiger partial charge < -0.3 is 11.1 Å². The van der Waals surface area contributed by atoms with E-state index in [0.717, 1.165) is 11.8 Å². The molecule has 2 rings (SSSR count). The second-order valence-corrected chi connectivity index (χ2v) is 5.48. The van der Waals surface area contributed by atoms with E-state index < -0.39 is 0 Å². The lowest BCUT2D eigenvalue weighted by atomic mass is 10.1. The van der Waals surface area contributed by atoms with Crippen molar-refractivity contribution >= 4 is 35.0 Å². The minimum atomic E-state index is -0.239. The normalized spacial score (nSPS) is 9.91. The fourth-order valence-electron chi connectivity index (χ4n) is 1.65. The van der Waals surface area contributed by atoms with Gasteiger partial charge in [-0.3, -0.25) is 9.59 Å². The number of nitrogens with two attached hydrogens (primary N) is 1. The summed E-state index contributed by atoms with van der Waals surface area (Å²) in [5.41, 5.74) is 6.96. The quantitative estimate of drug-likeness (QED) is 0.488. The third kappa shape index (κ3) is 4.52. The molecule has 0 saturated heterocycles. The minimum absolute atomic E-state index is 0.0333. The molecule has 0 fully saturated rings. The summed E-state index contributed by atoms with van der Waals surface area (Å²) in [6.45, 7) is 1.48. The molecule has 116 valence electrons. The number of Topliss-reactive ketones (excluding diaryl/α,β-unsaturated/α-hetero) is 1. The van der Waals surface area contributed by atoms with Gasteiger partial charge in [0, 0.05) is 11.3 Å². The number of hydrogen-bond acceptors (Lipinski definition) is 7. The number of amides is 1. The predicted octanol–water partition coefficient (Wildman–Crippen LogP) is 1.86. The highest BCUT2D eigenvalue weighted by Crippen LogP contribution is 2.17. The van der Waals surface area contributed by atoms with Crippen molar-refractivity contribution in [1.29, 1.82) is 5.26 Å². The molecule has 0 aliphatic rings. The molecule has 0 unspecified atom stereocenters. The maximum atomic E-state index is 11.9. The molecule has 1 aromatic carbocycles. The SMILES string of the molecule is CC(=O)c1ccc(NC(=O)CSc2ncc(C#N)c(N)n2)cc1. The standard InChI is InChI=1S/C15H13N5O2S/c1-9(21)10-2-4-12(5-3-10)19-13(22)8-23-15-18-7-11(6-16)14(17)20-15/h2-5,7H,8H2,1H3,(H,19,22)(H2,17,18,20). The number of carbonyl (C=O) groups excluding carboxylic acids is 2. The third-order valence-electron chi connectivity index (χ3n) is 2.82. The highest BCUT2D eigenvalue weighted by molar-refractivity contribution is 7.99. The first-order valence-electron chi connectivity index (χ1n) is 6.56. The zero-order chi connectivity index (χ0) is 16.8. The molecular weight excluding hydrogens is 314 g/mol. The fraction of sp³-hybridized carbons (Fsp3) is 0.133. The van der Waals surface area contributed by atoms with Crippen LogP contribution < -0.4 is 11.1 Å². The molecule has 3 N–H and O–H groups in total. The second-order valence-electron chi connectivity index (χ2n) is 4.53. The van der Waals surface area contributed by atoms with Gasteiger partial charge >= 0.3 is 0 Å². The lowest BCUT2D eigenvalue weighted by Crippen LogP contribution is -2.14. The molecule has 1 amide bonds. The number of nitrogens with one attached hydrogen (secondary N) is 1. The van der Waals surface area contributed by atoms with Crippen molar-refractivity contribution in [3.05, 3.63) is 41.6 Å². The van der Waals surface area contributed by atoms with Gasteiger partial charge in [-0.1, -0.05) is 11.8 Å². The summed E-state index contributed by atoms with van der Waals surface area (Å²) in [5, 5.41) is 11.8. The van der Waals surface area contributed by atoms with E-state index in [1.54, 1.807) is 24.3 Å². The van der Waals surface area contributed by atoms with Crippen molar-refractivity contribution < 1.29 is 9.59 Å². The van der Waals surface area contributed by atoms with E-state index in [9.17, 15) is 9.59 Å². The summed E-state index contributed by atoms with van der Waals surface area (Å²) in [6, 6.07) is 8.49. The summed E-state index contributed by atoms with van der Waals surface area (Å²) >= 11 is 1.11. The minimum Gasteiger partial charge on any atom is -0.382 e. The summed E-state index contributed by atoms with van der Waals surface area (Å²) in [7, 11) is 0. The Kier molecular flexibility index (Phi) is 5.28. The zero-order valence-corrected chi connectivity index (χ0v) is 13.1. The van der Waals surface area contributed by atoms with Crippen molar-refractivity contribution in [2.75, 3.05) is 16.8 Å². The maximum Gasteiger partial charge on any atom is 0.234 e. The van der Waals surface area contributed by atoms with Crippen LogP contribution in [0.15, 0.2) is 35.6 Å². The van der Waals surface area contributed by atoms with Gasteiger partial charge in [-0.15, -0.1) is 0 Å². The van der Waals surface area contributed by atoms with Gasteiger partial charge in [0.2, 0.25) is 5.91 Å². The van der Waals surface area contributed by atoms with E-state index in [-0.39, 0.29) is 28.8 Å². The van der Waals surface area contributed by atoms with Gasteiger partial charge in [-0.05, 0) is 31.2 Å². The second kappa shape index (κ2) is 7.38. The molecule has 0 aliphatic carbocycles. The van der Waals surface area contributed by atoms with Crippen LogP contribution in [0.1, 0.15) is 22.8 Å². The number of hydrogen-bond donors (Lipinski definition) is 2. The molecule has 0 bridgehead atoms. The maximum absolute atomic E-state index is 11.9. The molecule has 1 aromatic heterocycles. The average molecular weight is 327 g/mol. The highest BCUT2D eigenvalue weighted by Gasteiger charge is 2.08. The monoisotopic (exact) mass is 327 g/mol. The summed E-state index contributed by atoms with van der Waals surface area (Å²) < 4.78 is 0. The largest absolute Gasteiger partial charge is 0.382 e. The van der Waals surface area contributed by atoms with Gasteiger partial charge in [0.15, 0.2) is 10.9 Å². The van der Waals surface area contributed by atoms with E-state index in [4.69, 9.17) is 11.0 Å². The van der Waals surface area contributed by atoms with E-state index >= 15 is 0 Å². The molecule has 8 heteroatoms. The first-order valence-corrected chi connectivity index (χ1v) is 7.54. The topological polar surface area (TPSA) is 122 Å². The number of carbonyl (C=O) groups is 2. The Labute approximate surface area is 136 Å². The van der Waals surface area contributed by atoms with Crippen molar-refractivity contribution in [3.63, 3.8) is 0 Å². The molecule has 0 aliphatic heterocycles. The number of thioether (sulfide) groups is 1. The van der Waals surface area contributed by atoms with E-state index in [2.05, 4.69) is 15.3 Å². The van der Waals surface area contributed by atoms with Gasteiger partial charge in [0.1, 0.15) is 17.5 Å². The van der Waals surface area contributed by atoms with Crippen LogP contribution in [-0.4, -0.2) is 27.4 Å². The third-order valence-corrected chi connectivity index (χ3v) is 3.69. The fourth-order valence-corrected chi connectivity index (χ4v) is 2.27. The molecule has 23 heavy (non-hydrogen) atoms. The number of nitrogen functional groups attached to an aromatic ring is 1. The van der Waals surface area contributed by atoms with Crippen LogP contribution in [0.5, 0.6) is 0 Å². The molecule has 0 saturated carbocycles. The number of rotatable bonds is 5. The van der Waals surface area contributed by atoms with Gasteiger partial charge in [0.25, 0.3) is 0 Å². The lowest BCUT2D eigenvalue weighted by Gasteiger charge is -2.05. The van der Waals surface area contributed by atoms with Crippen molar-refractivity contribution in [3.8, 4) is 6.07 Å². The Balaban J connectivity index is 1.91. The first kappa shape index (κ1) is 16.5. The Morgan fingerprint density at radius 2 is 2.04 bits per heavy atom. The van der Waals surface area contributed by atoms with Crippen LogP contribution in [0.4, 0.5) is 11.5 Å². The molecule has 1 heterocycles. The van der Waals surface area contributed by atoms with Crippen LogP contribution in [0.25, 0.3) is 0 Å². The van der Waals surface area contributed by atoms with E-state index in [1.807, 2.05) is 6.07 Å². The molecule has 0 spiro atoms. The van der Waals surface area contributed by atoms with Crippen molar-refractivity contribution in [2.45, 2.75) is 12.1 Å². The Morgan fingerprint density at radius 3 is 2.61 bits per heavy atom. The number of ketones is 1. The number of aromatic nitrogens is 2. The number of benzene rings is 1. The predicted molar refractivity (Wildman–Crippen MR) is 87.0 cm³/mol. The van der Waals surface area contributed by atoms with Crippen LogP contribution in [0.3, 0.4) is 0 Å². The molecule has 7 nitrogen and oxygen atoms in total. The number of nitriles is 1. The van der Waals surface area contributed by atoms with Crippen LogP contribution >= 0.6 is 11.8 Å². The summed E-state index contributed by atoms with van der Waals surface area (Å²) in [6.07, 6.45) is 1.32. The van der Waals surface area contributed by atoms with Gasteiger partial charge in [0.05, 0.1) is 11.9 Å². The number of nitrogens with zero attached hydrogens (tertiary/aromatic N) is 3. The Bertz CT molecular complexity index is 783. The molecule has 0 radical (unpaired) electrons. The zero-order valence-electron chi connectivity index (χ0n) is 12.2. The summed E-state index contributed by atoms with van der Waals surface area (Å²) in [5.74, 6) is -0.0869. The average Bonchev–Trinajstić information content (AvgIpc) is 2.53. The summed E-state index contributed by atoms with van der Waals surface area (Å²) in [4.78, 5) is 30.9. The molecule has 0 atom stereocenters. The van der Waals surface area contributed by atoms with E-state index in [0.29, 0.717) is 16.4 Å².